The number of amides is 1. The molecule has 0 spiro atoms. The van der Waals surface area contributed by atoms with Crippen molar-refractivity contribution < 1.29 is 14.3 Å². The molecule has 4 N–H and O–H groups in total. The van der Waals surface area contributed by atoms with E-state index in [9.17, 15) is 4.79 Å². The van der Waals surface area contributed by atoms with Crippen LogP contribution in [0.1, 0.15) is 16.0 Å². The second-order valence-corrected chi connectivity index (χ2v) is 10.4. The number of halogens is 1. The lowest BCUT2D eigenvalue weighted by molar-refractivity contribution is -0.117. The highest BCUT2D eigenvalue weighted by molar-refractivity contribution is 9.11. The van der Waals surface area contributed by atoms with E-state index in [0.29, 0.717) is 42.6 Å². The van der Waals surface area contributed by atoms with Crippen LogP contribution in [-0.2, 0) is 14.3 Å². The van der Waals surface area contributed by atoms with E-state index in [1.807, 2.05) is 60.7 Å². The van der Waals surface area contributed by atoms with Gasteiger partial charge in [0.1, 0.15) is 4.88 Å². The fourth-order valence-corrected chi connectivity index (χ4v) is 5.51. The largest absolute Gasteiger partial charge is 0.406 e. The summed E-state index contributed by atoms with van der Waals surface area (Å²) in [7, 11) is 0. The molecule has 0 aliphatic carbocycles. The second kappa shape index (κ2) is 10.6. The fourth-order valence-electron chi connectivity index (χ4n) is 4.01. The van der Waals surface area contributed by atoms with Crippen molar-refractivity contribution in [1.29, 1.82) is 5.41 Å². The van der Waals surface area contributed by atoms with Crippen LogP contribution in [0.5, 0.6) is 0 Å². The molecule has 2 aliphatic rings. The zero-order chi connectivity index (χ0) is 25.1. The number of anilines is 2. The number of thiophene rings is 1. The molecule has 1 amide bonds. The highest BCUT2D eigenvalue weighted by atomic mass is 79.9. The molecular formula is C25H23BrN6O3S. The van der Waals surface area contributed by atoms with Crippen LogP contribution in [-0.4, -0.2) is 56.0 Å². The third-order valence-electron chi connectivity index (χ3n) is 5.67. The van der Waals surface area contributed by atoms with Crippen LogP contribution in [0.3, 0.4) is 0 Å². The Hall–Kier alpha value is -3.54. The minimum absolute atomic E-state index is 0.155. The molecule has 1 fully saturated rings. The van der Waals surface area contributed by atoms with Crippen LogP contribution in [0.4, 0.5) is 11.4 Å². The summed E-state index contributed by atoms with van der Waals surface area (Å²) in [6.45, 7) is 2.66. The summed E-state index contributed by atoms with van der Waals surface area (Å²) in [4.78, 5) is 24.6. The third-order valence-corrected chi connectivity index (χ3v) is 7.30. The van der Waals surface area contributed by atoms with Gasteiger partial charge in [0.25, 0.3) is 11.9 Å². The van der Waals surface area contributed by atoms with Gasteiger partial charge in [-0.3, -0.25) is 10.2 Å². The monoisotopic (exact) mass is 566 g/mol. The molecule has 0 bridgehead atoms. The van der Waals surface area contributed by atoms with Gasteiger partial charge in [0.05, 0.1) is 34.1 Å². The van der Waals surface area contributed by atoms with Crippen molar-refractivity contribution in [2.24, 2.45) is 15.7 Å². The van der Waals surface area contributed by atoms with Crippen LogP contribution in [0.15, 0.2) is 74.4 Å². The Morgan fingerprint density at radius 2 is 1.92 bits per heavy atom. The first-order valence-corrected chi connectivity index (χ1v) is 12.9. The summed E-state index contributed by atoms with van der Waals surface area (Å²) in [5.41, 5.74) is 9.80. The molecule has 0 radical (unpaired) electrons. The summed E-state index contributed by atoms with van der Waals surface area (Å²) in [5.74, 6) is -0.600. The molecule has 1 saturated heterocycles. The summed E-state index contributed by atoms with van der Waals surface area (Å²) in [6.07, 6.45) is -1.19. The molecule has 11 heteroatoms. The normalized spacial score (nSPS) is 18.1. The minimum Gasteiger partial charge on any atom is -0.406 e. The van der Waals surface area contributed by atoms with Crippen LogP contribution >= 0.6 is 27.3 Å². The standard InChI is InChI=1S/C25H23BrN6O3S/c26-19-14-18(32-10-12-34-13-11-32)21(36-19)22(27)35-25(28)31-23-24(33)29-17-9-5-4-8-16(17)20(30-23)15-6-2-1-3-7-15/h1-9,14,23,27H,10-13H2,(H2,28,31)(H,29,33)/t23-/m1/s1. The van der Waals surface area contributed by atoms with Gasteiger partial charge in [0, 0.05) is 24.2 Å². The first-order valence-electron chi connectivity index (χ1n) is 11.2. The Bertz CT molecular complexity index is 1350. The highest BCUT2D eigenvalue weighted by Gasteiger charge is 2.27. The van der Waals surface area contributed by atoms with Crippen molar-refractivity contribution in [2.45, 2.75) is 6.17 Å². The van der Waals surface area contributed by atoms with Gasteiger partial charge in [-0.2, -0.15) is 4.99 Å². The maximum absolute atomic E-state index is 13.0. The Morgan fingerprint density at radius 3 is 2.69 bits per heavy atom. The van der Waals surface area contributed by atoms with Crippen LogP contribution in [0.2, 0.25) is 0 Å². The van der Waals surface area contributed by atoms with Gasteiger partial charge >= 0.3 is 0 Å². The predicted octanol–water partition coefficient (Wildman–Crippen LogP) is 3.82. The molecule has 5 rings (SSSR count). The van der Waals surface area contributed by atoms with Gasteiger partial charge in [-0.25, -0.2) is 4.99 Å². The van der Waals surface area contributed by atoms with Gasteiger partial charge in [-0.15, -0.1) is 11.3 Å². The molecule has 3 heterocycles. The Morgan fingerprint density at radius 1 is 1.19 bits per heavy atom. The number of ether oxygens (including phenoxy) is 2. The lowest BCUT2D eigenvalue weighted by Gasteiger charge is -2.28. The maximum atomic E-state index is 13.0. The number of rotatable bonds is 4. The van der Waals surface area contributed by atoms with Gasteiger partial charge in [-0.1, -0.05) is 48.5 Å². The molecule has 0 saturated carbocycles. The van der Waals surface area contributed by atoms with E-state index in [1.54, 1.807) is 0 Å². The van der Waals surface area contributed by atoms with E-state index in [1.165, 1.54) is 11.3 Å². The number of benzene rings is 2. The Labute approximate surface area is 220 Å². The van der Waals surface area contributed by atoms with E-state index in [-0.39, 0.29) is 11.9 Å². The molecule has 2 aromatic carbocycles. The highest BCUT2D eigenvalue weighted by Crippen LogP contribution is 2.35. The lowest BCUT2D eigenvalue weighted by atomic mass is 10.0. The van der Waals surface area contributed by atoms with Crippen molar-refractivity contribution in [1.82, 2.24) is 0 Å². The zero-order valence-electron chi connectivity index (χ0n) is 19.1. The van der Waals surface area contributed by atoms with Crippen molar-refractivity contribution in [3.63, 3.8) is 0 Å². The number of hydrogen-bond donors (Lipinski definition) is 3. The number of fused-ring (bicyclic) bond motifs is 1. The van der Waals surface area contributed by atoms with Crippen LogP contribution < -0.4 is 16.0 Å². The molecule has 2 aliphatic heterocycles. The van der Waals surface area contributed by atoms with Crippen molar-refractivity contribution >= 4 is 62.2 Å². The van der Waals surface area contributed by atoms with E-state index in [2.05, 4.69) is 36.1 Å². The number of carbonyl (C=O) groups is 1. The molecule has 184 valence electrons. The third kappa shape index (κ3) is 5.18. The first-order chi connectivity index (χ1) is 17.5. The lowest BCUT2D eigenvalue weighted by Crippen LogP contribution is -2.37. The summed E-state index contributed by atoms with van der Waals surface area (Å²) in [6, 6.07) is 18.6. The number of hydrogen-bond acceptors (Lipinski definition) is 8. The molecule has 3 aromatic rings. The second-order valence-electron chi connectivity index (χ2n) is 8.02. The summed E-state index contributed by atoms with van der Waals surface area (Å²) < 4.78 is 11.9. The summed E-state index contributed by atoms with van der Waals surface area (Å²) in [5, 5.41) is 11.4. The fraction of sp³-hybridized carbons (Fsp3) is 0.200. The quantitative estimate of drug-likeness (QED) is 0.327. The van der Waals surface area contributed by atoms with Crippen LogP contribution in [0.25, 0.3) is 0 Å². The summed E-state index contributed by atoms with van der Waals surface area (Å²) >= 11 is 4.86. The number of nitrogens with one attached hydrogen (secondary N) is 2. The van der Waals surface area contributed by atoms with Crippen molar-refractivity contribution in [2.75, 3.05) is 36.5 Å². The number of carbonyl (C=O) groups excluding carboxylic acids is 1. The first kappa shape index (κ1) is 24.2. The number of benzodiazepines with no additional fused rings is 1. The van der Waals surface area contributed by atoms with Gasteiger partial charge < -0.3 is 25.4 Å². The number of aliphatic imine (C=N–C) groups is 2. The molecule has 9 nitrogen and oxygen atoms in total. The Balaban J connectivity index is 1.42. The molecule has 1 aromatic heterocycles. The number of nitrogens with zero attached hydrogens (tertiary/aromatic N) is 3. The van der Waals surface area contributed by atoms with E-state index in [0.717, 1.165) is 20.6 Å². The maximum Gasteiger partial charge on any atom is 0.291 e. The molecule has 36 heavy (non-hydrogen) atoms. The smallest absolute Gasteiger partial charge is 0.291 e. The number of morpholine rings is 1. The minimum atomic E-state index is -1.19. The SMILES string of the molecule is N=C(OC(N)=N[C@H]1N=C(c2ccccc2)c2ccccc2NC1=O)c1sc(Br)cc1N1CCOCC1. The zero-order valence-corrected chi connectivity index (χ0v) is 21.5. The topological polar surface area (TPSA) is 125 Å². The predicted molar refractivity (Wildman–Crippen MR) is 146 cm³/mol. The average Bonchev–Trinajstić information content (AvgIpc) is 3.23. The van der Waals surface area contributed by atoms with Crippen molar-refractivity contribution in [3.8, 4) is 0 Å². The molecule has 0 unspecified atom stereocenters. The van der Waals surface area contributed by atoms with E-state index >= 15 is 0 Å². The van der Waals surface area contributed by atoms with Crippen LogP contribution in [0, 0.1) is 5.41 Å². The van der Waals surface area contributed by atoms with E-state index < -0.39 is 12.1 Å². The van der Waals surface area contributed by atoms with Crippen molar-refractivity contribution in [3.05, 3.63) is 80.5 Å². The Kier molecular flexibility index (Phi) is 7.12. The molecular weight excluding hydrogens is 544 g/mol. The molecule has 1 atom stereocenters. The van der Waals surface area contributed by atoms with Gasteiger partial charge in [-0.05, 0) is 28.1 Å². The van der Waals surface area contributed by atoms with Gasteiger partial charge in [0.2, 0.25) is 12.1 Å². The average molecular weight is 567 g/mol. The van der Waals surface area contributed by atoms with Gasteiger partial charge in [0.15, 0.2) is 0 Å². The number of nitrogens with two attached hydrogens (primary N) is 1. The number of amidine groups is 1. The van der Waals surface area contributed by atoms with E-state index in [4.69, 9.17) is 20.6 Å². The number of para-hydroxylation sites is 1.